The van der Waals surface area contributed by atoms with Crippen molar-refractivity contribution in [3.63, 3.8) is 0 Å². The molecule has 0 bridgehead atoms. The van der Waals surface area contributed by atoms with E-state index in [1.807, 2.05) is 18.5 Å². The highest BCUT2D eigenvalue weighted by molar-refractivity contribution is 6.30. The normalized spacial score (nSPS) is 18.0. The molecule has 1 aromatic heterocycles. The summed E-state index contributed by atoms with van der Waals surface area (Å²) in [7, 11) is 0. The van der Waals surface area contributed by atoms with Gasteiger partial charge in [-0.05, 0) is 54.2 Å². The van der Waals surface area contributed by atoms with Crippen LogP contribution in [0.4, 0.5) is 5.69 Å². The number of anilines is 1. The maximum Gasteiger partial charge on any atom is 0.0736 e. The van der Waals surface area contributed by atoms with Crippen molar-refractivity contribution in [2.24, 2.45) is 0 Å². The molecule has 0 amide bonds. The van der Waals surface area contributed by atoms with Crippen molar-refractivity contribution in [1.82, 2.24) is 4.98 Å². The van der Waals surface area contributed by atoms with Gasteiger partial charge in [0, 0.05) is 24.3 Å². The summed E-state index contributed by atoms with van der Waals surface area (Å²) in [5.74, 6) is 0. The quantitative estimate of drug-likeness (QED) is 0.801. The molecule has 0 spiro atoms. The Hall–Kier alpha value is -1.58. The molecule has 1 aliphatic carbocycles. The van der Waals surface area contributed by atoms with Crippen LogP contribution in [0.1, 0.15) is 42.4 Å². The molecule has 3 nitrogen and oxygen atoms in total. The molecule has 0 N–H and O–H groups in total. The average molecular weight is 343 g/mol. The van der Waals surface area contributed by atoms with Crippen LogP contribution in [-0.2, 0) is 24.3 Å². The van der Waals surface area contributed by atoms with E-state index in [1.54, 1.807) is 0 Å². The van der Waals surface area contributed by atoms with Gasteiger partial charge in [-0.15, -0.1) is 0 Å². The molecule has 2 heterocycles. The Kier molecular flexibility index (Phi) is 4.72. The smallest absolute Gasteiger partial charge is 0.0736 e. The molecule has 1 aliphatic heterocycles. The lowest BCUT2D eigenvalue weighted by Crippen LogP contribution is -2.30. The van der Waals surface area contributed by atoms with E-state index >= 15 is 0 Å². The molecule has 2 aliphatic rings. The number of hydrogen-bond donors (Lipinski definition) is 0. The van der Waals surface area contributed by atoms with Crippen molar-refractivity contribution in [3.05, 3.63) is 58.4 Å². The zero-order chi connectivity index (χ0) is 16.4. The third-order valence-electron chi connectivity index (χ3n) is 5.11. The van der Waals surface area contributed by atoms with E-state index in [0.29, 0.717) is 12.7 Å². The SMILES string of the molecule is Clc1ccc2c(c1)CCN(c1cncc(COC3CCCC3)c1)C2. The molecule has 0 atom stereocenters. The fourth-order valence-corrected chi connectivity index (χ4v) is 3.93. The van der Waals surface area contributed by atoms with Gasteiger partial charge >= 0.3 is 0 Å². The first kappa shape index (κ1) is 15.9. The molecule has 0 radical (unpaired) electrons. The Balaban J connectivity index is 1.44. The van der Waals surface area contributed by atoms with E-state index in [4.69, 9.17) is 16.3 Å². The Morgan fingerprint density at radius 3 is 2.88 bits per heavy atom. The Bertz CT molecular complexity index is 713. The summed E-state index contributed by atoms with van der Waals surface area (Å²) in [6.07, 6.45) is 10.4. The van der Waals surface area contributed by atoms with Gasteiger partial charge in [0.2, 0.25) is 0 Å². The number of rotatable bonds is 4. The van der Waals surface area contributed by atoms with E-state index in [9.17, 15) is 0 Å². The topological polar surface area (TPSA) is 25.4 Å². The van der Waals surface area contributed by atoms with Gasteiger partial charge in [-0.3, -0.25) is 4.98 Å². The lowest BCUT2D eigenvalue weighted by molar-refractivity contribution is 0.0455. The number of pyridine rings is 1. The predicted octanol–water partition coefficient (Wildman–Crippen LogP) is 4.76. The largest absolute Gasteiger partial charge is 0.373 e. The highest BCUT2D eigenvalue weighted by Crippen LogP contribution is 2.27. The number of aromatic nitrogens is 1. The zero-order valence-corrected chi connectivity index (χ0v) is 14.6. The van der Waals surface area contributed by atoms with Gasteiger partial charge in [0.15, 0.2) is 0 Å². The number of halogens is 1. The maximum absolute atomic E-state index is 6.10. The lowest BCUT2D eigenvalue weighted by Gasteiger charge is -2.30. The van der Waals surface area contributed by atoms with E-state index in [0.717, 1.165) is 24.5 Å². The molecular formula is C20H23ClN2O. The predicted molar refractivity (Wildman–Crippen MR) is 97.5 cm³/mol. The molecule has 24 heavy (non-hydrogen) atoms. The fourth-order valence-electron chi connectivity index (χ4n) is 3.74. The van der Waals surface area contributed by atoms with Gasteiger partial charge in [0.1, 0.15) is 0 Å². The van der Waals surface area contributed by atoms with Gasteiger partial charge in [-0.1, -0.05) is 30.5 Å². The Morgan fingerprint density at radius 1 is 1.12 bits per heavy atom. The second-order valence-electron chi connectivity index (χ2n) is 6.85. The van der Waals surface area contributed by atoms with Gasteiger partial charge in [-0.25, -0.2) is 0 Å². The Morgan fingerprint density at radius 2 is 2.00 bits per heavy atom. The number of ether oxygens (including phenoxy) is 1. The highest BCUT2D eigenvalue weighted by atomic mass is 35.5. The Labute approximate surface area is 148 Å². The van der Waals surface area contributed by atoms with Crippen LogP contribution in [0.25, 0.3) is 0 Å². The van der Waals surface area contributed by atoms with Crippen molar-refractivity contribution in [2.75, 3.05) is 11.4 Å². The molecule has 1 saturated carbocycles. The monoisotopic (exact) mass is 342 g/mol. The summed E-state index contributed by atoms with van der Waals surface area (Å²) >= 11 is 6.10. The minimum atomic E-state index is 0.445. The number of hydrogen-bond acceptors (Lipinski definition) is 3. The number of benzene rings is 1. The van der Waals surface area contributed by atoms with Gasteiger partial charge in [0.25, 0.3) is 0 Å². The number of fused-ring (bicyclic) bond motifs is 1. The van der Waals surface area contributed by atoms with Crippen molar-refractivity contribution in [1.29, 1.82) is 0 Å². The highest BCUT2D eigenvalue weighted by Gasteiger charge is 2.18. The van der Waals surface area contributed by atoms with Crippen LogP contribution in [0.3, 0.4) is 0 Å². The minimum Gasteiger partial charge on any atom is -0.373 e. The molecule has 0 unspecified atom stereocenters. The van der Waals surface area contributed by atoms with Crippen LogP contribution >= 0.6 is 11.6 Å². The number of nitrogens with zero attached hydrogens (tertiary/aromatic N) is 2. The molecule has 4 rings (SSSR count). The first-order chi connectivity index (χ1) is 11.8. The second-order valence-corrected chi connectivity index (χ2v) is 7.29. The van der Waals surface area contributed by atoms with Crippen LogP contribution in [-0.4, -0.2) is 17.6 Å². The molecular weight excluding hydrogens is 320 g/mol. The zero-order valence-electron chi connectivity index (χ0n) is 13.9. The van der Waals surface area contributed by atoms with Crippen molar-refractivity contribution in [3.8, 4) is 0 Å². The third-order valence-corrected chi connectivity index (χ3v) is 5.35. The first-order valence-corrected chi connectivity index (χ1v) is 9.23. The van der Waals surface area contributed by atoms with Crippen LogP contribution in [0.5, 0.6) is 0 Å². The van der Waals surface area contributed by atoms with Crippen LogP contribution in [0, 0.1) is 0 Å². The van der Waals surface area contributed by atoms with Crippen LogP contribution in [0.2, 0.25) is 5.02 Å². The first-order valence-electron chi connectivity index (χ1n) is 8.86. The van der Waals surface area contributed by atoms with E-state index in [2.05, 4.69) is 28.1 Å². The third kappa shape index (κ3) is 3.57. The summed E-state index contributed by atoms with van der Waals surface area (Å²) in [6, 6.07) is 8.44. The standard InChI is InChI=1S/C20H23ClN2O/c21-18-6-5-17-13-23(8-7-16(17)10-18)19-9-15(11-22-12-19)14-24-20-3-1-2-4-20/h5-6,9-12,20H,1-4,7-8,13-14H2. The maximum atomic E-state index is 6.10. The van der Waals surface area contributed by atoms with Gasteiger partial charge < -0.3 is 9.64 Å². The van der Waals surface area contributed by atoms with Crippen molar-refractivity contribution >= 4 is 17.3 Å². The van der Waals surface area contributed by atoms with Gasteiger partial charge in [0.05, 0.1) is 24.6 Å². The van der Waals surface area contributed by atoms with E-state index in [-0.39, 0.29) is 0 Å². The van der Waals surface area contributed by atoms with E-state index < -0.39 is 0 Å². The summed E-state index contributed by atoms with van der Waals surface area (Å²) in [5.41, 5.74) is 5.08. The average Bonchev–Trinajstić information content (AvgIpc) is 3.13. The molecule has 0 saturated heterocycles. The summed E-state index contributed by atoms with van der Waals surface area (Å²) in [6.45, 7) is 2.59. The molecule has 1 aromatic carbocycles. The molecule has 4 heteroatoms. The van der Waals surface area contributed by atoms with Crippen molar-refractivity contribution in [2.45, 2.75) is 51.4 Å². The summed E-state index contributed by atoms with van der Waals surface area (Å²) < 4.78 is 6.03. The summed E-state index contributed by atoms with van der Waals surface area (Å²) in [4.78, 5) is 6.82. The van der Waals surface area contributed by atoms with E-state index in [1.165, 1.54) is 48.1 Å². The summed E-state index contributed by atoms with van der Waals surface area (Å²) in [5, 5.41) is 0.829. The van der Waals surface area contributed by atoms with Crippen LogP contribution < -0.4 is 4.90 Å². The molecule has 126 valence electrons. The van der Waals surface area contributed by atoms with Gasteiger partial charge in [-0.2, -0.15) is 0 Å². The molecule has 1 fully saturated rings. The fraction of sp³-hybridized carbons (Fsp3) is 0.450. The van der Waals surface area contributed by atoms with Crippen LogP contribution in [0.15, 0.2) is 36.7 Å². The second kappa shape index (κ2) is 7.12. The van der Waals surface area contributed by atoms with Crippen molar-refractivity contribution < 1.29 is 4.74 Å². The molecule has 2 aromatic rings. The minimum absolute atomic E-state index is 0.445. The lowest BCUT2D eigenvalue weighted by atomic mass is 9.99.